The van der Waals surface area contributed by atoms with Gasteiger partial charge in [-0.2, -0.15) is 0 Å². The zero-order valence-electron chi connectivity index (χ0n) is 14.5. The molecule has 1 aromatic heterocycles. The molecule has 0 radical (unpaired) electrons. The van der Waals surface area contributed by atoms with E-state index in [-0.39, 0.29) is 0 Å². The van der Waals surface area contributed by atoms with E-state index < -0.39 is 69.3 Å². The van der Waals surface area contributed by atoms with Gasteiger partial charge in [0.2, 0.25) is 5.88 Å². The first-order valence-corrected chi connectivity index (χ1v) is 7.92. The number of carbonyl (C=O) groups excluding carboxylic acids is 1. The molecule has 10 heteroatoms. The zero-order chi connectivity index (χ0) is 21.3. The van der Waals surface area contributed by atoms with E-state index in [0.29, 0.717) is 18.2 Å². The summed E-state index contributed by atoms with van der Waals surface area (Å²) in [6, 6.07) is 3.54. The minimum atomic E-state index is -1.41. The Labute approximate surface area is 159 Å². The predicted molar refractivity (Wildman–Crippen MR) is 89.6 cm³/mol. The number of pyridine rings is 1. The number of hydrogen-bond donors (Lipinski definition) is 1. The SMILES string of the molecule is Cc1c(F)c(F)cc(Oc2ncccc2C(=O)Nc2c(F)cc(F)cc2F)c1F. The van der Waals surface area contributed by atoms with Gasteiger partial charge < -0.3 is 10.1 Å². The van der Waals surface area contributed by atoms with Crippen LogP contribution in [-0.2, 0) is 0 Å². The molecule has 150 valence electrons. The topological polar surface area (TPSA) is 51.2 Å². The first-order chi connectivity index (χ1) is 13.7. The van der Waals surface area contributed by atoms with Gasteiger partial charge in [0.1, 0.15) is 17.1 Å². The molecule has 0 unspecified atom stereocenters. The number of nitrogens with one attached hydrogen (secondary N) is 1. The summed E-state index contributed by atoms with van der Waals surface area (Å²) >= 11 is 0. The fraction of sp³-hybridized carbons (Fsp3) is 0.0526. The van der Waals surface area contributed by atoms with Crippen LogP contribution in [0.1, 0.15) is 15.9 Å². The van der Waals surface area contributed by atoms with Crippen LogP contribution in [0.2, 0.25) is 0 Å². The first kappa shape index (κ1) is 20.2. The van der Waals surface area contributed by atoms with Crippen molar-refractivity contribution in [2.24, 2.45) is 0 Å². The molecule has 1 heterocycles. The van der Waals surface area contributed by atoms with E-state index in [9.17, 15) is 31.1 Å². The molecule has 0 aliphatic heterocycles. The van der Waals surface area contributed by atoms with E-state index in [0.717, 1.165) is 19.2 Å². The van der Waals surface area contributed by atoms with E-state index in [4.69, 9.17) is 4.74 Å². The van der Waals surface area contributed by atoms with Gasteiger partial charge in [-0.15, -0.1) is 0 Å². The summed E-state index contributed by atoms with van der Waals surface area (Å²) in [5.74, 6) is -10.4. The molecular weight excluding hydrogens is 402 g/mol. The van der Waals surface area contributed by atoms with Crippen molar-refractivity contribution in [3.05, 3.63) is 82.6 Å². The second-order valence-electron chi connectivity index (χ2n) is 5.77. The number of rotatable bonds is 4. The lowest BCUT2D eigenvalue weighted by Gasteiger charge is -2.13. The van der Waals surface area contributed by atoms with Crippen LogP contribution in [0.4, 0.5) is 32.0 Å². The zero-order valence-corrected chi connectivity index (χ0v) is 14.5. The molecule has 3 aromatic rings. The molecule has 3 rings (SSSR count). The van der Waals surface area contributed by atoms with Crippen LogP contribution < -0.4 is 10.1 Å². The Balaban J connectivity index is 1.95. The maximum Gasteiger partial charge on any atom is 0.261 e. The summed E-state index contributed by atoms with van der Waals surface area (Å²) in [5.41, 5.74) is -1.99. The van der Waals surface area contributed by atoms with Crippen LogP contribution in [-0.4, -0.2) is 10.9 Å². The van der Waals surface area contributed by atoms with Crippen molar-refractivity contribution in [3.8, 4) is 11.6 Å². The summed E-state index contributed by atoms with van der Waals surface area (Å²) in [4.78, 5) is 16.1. The van der Waals surface area contributed by atoms with Gasteiger partial charge in [-0.3, -0.25) is 4.79 Å². The van der Waals surface area contributed by atoms with Crippen LogP contribution in [0.3, 0.4) is 0 Å². The molecule has 4 nitrogen and oxygen atoms in total. The average molecular weight is 412 g/mol. The minimum absolute atomic E-state index is 0.360. The van der Waals surface area contributed by atoms with Crippen molar-refractivity contribution < 1.29 is 35.9 Å². The maximum atomic E-state index is 14.2. The number of amides is 1. The molecule has 0 spiro atoms. The second-order valence-corrected chi connectivity index (χ2v) is 5.77. The van der Waals surface area contributed by atoms with Gasteiger partial charge in [-0.05, 0) is 19.1 Å². The van der Waals surface area contributed by atoms with E-state index in [2.05, 4.69) is 4.98 Å². The molecule has 0 aliphatic rings. The predicted octanol–water partition coefficient (Wildman–Crippen LogP) is 5.27. The summed E-state index contributed by atoms with van der Waals surface area (Å²) in [6.07, 6.45) is 1.15. The van der Waals surface area contributed by atoms with Gasteiger partial charge in [0.15, 0.2) is 34.8 Å². The van der Waals surface area contributed by atoms with Crippen molar-refractivity contribution >= 4 is 11.6 Å². The summed E-state index contributed by atoms with van der Waals surface area (Å²) < 4.78 is 86.7. The van der Waals surface area contributed by atoms with Crippen LogP contribution >= 0.6 is 0 Å². The Hall–Kier alpha value is -3.56. The van der Waals surface area contributed by atoms with Gasteiger partial charge in [0.25, 0.3) is 5.91 Å². The molecule has 0 atom stereocenters. The van der Waals surface area contributed by atoms with Gasteiger partial charge >= 0.3 is 0 Å². The number of carbonyl (C=O) groups is 1. The Kier molecular flexibility index (Phi) is 5.44. The lowest BCUT2D eigenvalue weighted by atomic mass is 10.2. The Bertz CT molecular complexity index is 1100. The Morgan fingerprint density at radius 2 is 1.62 bits per heavy atom. The molecule has 2 aromatic carbocycles. The highest BCUT2D eigenvalue weighted by Gasteiger charge is 2.22. The van der Waals surface area contributed by atoms with Gasteiger partial charge in [-0.25, -0.2) is 31.3 Å². The number of nitrogens with zero attached hydrogens (tertiary/aromatic N) is 1. The summed E-state index contributed by atoms with van der Waals surface area (Å²) in [6.45, 7) is 0.979. The van der Waals surface area contributed by atoms with Crippen LogP contribution in [0.15, 0.2) is 36.5 Å². The summed E-state index contributed by atoms with van der Waals surface area (Å²) in [7, 11) is 0. The Morgan fingerprint density at radius 1 is 0.966 bits per heavy atom. The highest BCUT2D eigenvalue weighted by atomic mass is 19.2. The quantitative estimate of drug-likeness (QED) is 0.469. The van der Waals surface area contributed by atoms with E-state index >= 15 is 0 Å². The second kappa shape index (κ2) is 7.82. The highest BCUT2D eigenvalue weighted by Crippen LogP contribution is 2.31. The maximum absolute atomic E-state index is 14.2. The smallest absolute Gasteiger partial charge is 0.261 e. The number of hydrogen-bond acceptors (Lipinski definition) is 3. The lowest BCUT2D eigenvalue weighted by Crippen LogP contribution is -2.16. The summed E-state index contributed by atoms with van der Waals surface area (Å²) in [5, 5.41) is 1.89. The molecule has 0 saturated heterocycles. The third kappa shape index (κ3) is 4.00. The number of aromatic nitrogens is 1. The van der Waals surface area contributed by atoms with Gasteiger partial charge in [0, 0.05) is 30.0 Å². The molecule has 0 saturated carbocycles. The fourth-order valence-corrected chi connectivity index (χ4v) is 2.37. The molecular formula is C19H10F6N2O2. The molecule has 0 aliphatic carbocycles. The highest BCUT2D eigenvalue weighted by molar-refractivity contribution is 6.06. The molecule has 1 N–H and O–H groups in total. The molecule has 29 heavy (non-hydrogen) atoms. The van der Waals surface area contributed by atoms with Crippen molar-refractivity contribution in [2.45, 2.75) is 6.92 Å². The largest absolute Gasteiger partial charge is 0.435 e. The normalized spacial score (nSPS) is 10.7. The number of halogens is 6. The van der Waals surface area contributed by atoms with Gasteiger partial charge in [0.05, 0.1) is 0 Å². The van der Waals surface area contributed by atoms with E-state index in [1.807, 2.05) is 5.32 Å². The molecule has 0 bridgehead atoms. The Morgan fingerprint density at radius 3 is 2.28 bits per heavy atom. The van der Waals surface area contributed by atoms with Crippen molar-refractivity contribution in [2.75, 3.05) is 5.32 Å². The van der Waals surface area contributed by atoms with E-state index in [1.54, 1.807) is 0 Å². The monoisotopic (exact) mass is 412 g/mol. The standard InChI is InChI=1S/C19H10F6N2O2/c1-8-15(24)11(21)7-14(16(8)25)29-19-10(3-2-4-26-19)18(28)27-17-12(22)5-9(20)6-13(17)23/h2-7H,1H3,(H,27,28). The molecule has 1 amide bonds. The third-order valence-corrected chi connectivity index (χ3v) is 3.81. The third-order valence-electron chi connectivity index (χ3n) is 3.81. The van der Waals surface area contributed by atoms with Crippen molar-refractivity contribution in [1.82, 2.24) is 4.98 Å². The van der Waals surface area contributed by atoms with Crippen LogP contribution in [0, 0.1) is 41.8 Å². The van der Waals surface area contributed by atoms with E-state index in [1.165, 1.54) is 6.07 Å². The number of anilines is 1. The fourth-order valence-electron chi connectivity index (χ4n) is 2.37. The molecule has 0 fully saturated rings. The number of benzene rings is 2. The van der Waals surface area contributed by atoms with Crippen LogP contribution in [0.25, 0.3) is 0 Å². The van der Waals surface area contributed by atoms with Crippen LogP contribution in [0.5, 0.6) is 11.6 Å². The lowest BCUT2D eigenvalue weighted by molar-refractivity contribution is 0.102. The first-order valence-electron chi connectivity index (χ1n) is 7.92. The van der Waals surface area contributed by atoms with Gasteiger partial charge in [-0.1, -0.05) is 0 Å². The van der Waals surface area contributed by atoms with Crippen molar-refractivity contribution in [1.29, 1.82) is 0 Å². The minimum Gasteiger partial charge on any atom is -0.435 e. The average Bonchev–Trinajstić information content (AvgIpc) is 2.67. The van der Waals surface area contributed by atoms with Crippen molar-refractivity contribution in [3.63, 3.8) is 0 Å². The number of ether oxygens (including phenoxy) is 1.